The highest BCUT2D eigenvalue weighted by Gasteiger charge is 2.27. The lowest BCUT2D eigenvalue weighted by Gasteiger charge is -2.05. The number of pyridine rings is 1. The number of benzene rings is 1. The van der Waals surface area contributed by atoms with Crippen molar-refractivity contribution in [2.75, 3.05) is 0 Å². The molecule has 3 heterocycles. The number of hydrogen-bond donors (Lipinski definition) is 1. The number of nitrogens with zero attached hydrogens (tertiary/aromatic N) is 4. The lowest BCUT2D eigenvalue weighted by molar-refractivity contribution is 0.277. The van der Waals surface area contributed by atoms with Crippen molar-refractivity contribution in [3.05, 3.63) is 80.9 Å². The van der Waals surface area contributed by atoms with Gasteiger partial charge < -0.3 is 9.52 Å². The van der Waals surface area contributed by atoms with Gasteiger partial charge in [0.1, 0.15) is 11.5 Å². The zero-order valence-corrected chi connectivity index (χ0v) is 17.8. The van der Waals surface area contributed by atoms with Crippen LogP contribution in [0.1, 0.15) is 35.7 Å². The largest absolute Gasteiger partial charge is 0.432 e. The smallest absolute Gasteiger partial charge is 0.353 e. The molecule has 1 saturated carbocycles. The minimum atomic E-state index is -0.626. The fraction of sp³-hybridized carbons (Fsp3) is 0.217. The van der Waals surface area contributed by atoms with E-state index in [-0.39, 0.29) is 29.1 Å². The van der Waals surface area contributed by atoms with Gasteiger partial charge in [0.2, 0.25) is 5.89 Å². The van der Waals surface area contributed by atoms with Crippen LogP contribution in [0.5, 0.6) is 0 Å². The highest BCUT2D eigenvalue weighted by Crippen LogP contribution is 2.38. The molecule has 0 radical (unpaired) electrons. The van der Waals surface area contributed by atoms with Crippen LogP contribution >= 0.6 is 11.6 Å². The quantitative estimate of drug-likeness (QED) is 0.481. The minimum absolute atomic E-state index is 0.0319. The molecule has 7 nitrogen and oxygen atoms in total. The maximum absolute atomic E-state index is 14.2. The second-order valence-electron chi connectivity index (χ2n) is 7.76. The molecule has 3 aromatic heterocycles. The molecule has 1 aromatic carbocycles. The Morgan fingerprint density at radius 2 is 2.00 bits per heavy atom. The van der Waals surface area contributed by atoms with Crippen molar-refractivity contribution in [2.24, 2.45) is 0 Å². The molecule has 1 aliphatic rings. The van der Waals surface area contributed by atoms with E-state index in [9.17, 15) is 14.3 Å². The van der Waals surface area contributed by atoms with Crippen molar-refractivity contribution < 1.29 is 13.9 Å². The molecule has 0 aliphatic heterocycles. The number of aliphatic hydroxyl groups excluding tert-OH is 1. The number of hydrogen-bond acceptors (Lipinski definition) is 6. The van der Waals surface area contributed by atoms with Crippen LogP contribution in [-0.2, 0) is 6.61 Å². The molecular formula is C23H18ClFN4O3. The normalized spacial score (nSPS) is 13.5. The lowest BCUT2D eigenvalue weighted by atomic mass is 10.1. The van der Waals surface area contributed by atoms with Gasteiger partial charge in [-0.2, -0.15) is 9.97 Å². The molecule has 32 heavy (non-hydrogen) atoms. The monoisotopic (exact) mass is 452 g/mol. The fourth-order valence-corrected chi connectivity index (χ4v) is 3.64. The van der Waals surface area contributed by atoms with E-state index in [2.05, 4.69) is 15.0 Å². The second kappa shape index (κ2) is 7.96. The third-order valence-electron chi connectivity index (χ3n) is 5.24. The molecule has 1 aliphatic carbocycles. The Kier molecular flexibility index (Phi) is 5.11. The fourth-order valence-electron chi connectivity index (χ4n) is 3.52. The average molecular weight is 453 g/mol. The predicted octanol–water partition coefficient (Wildman–Crippen LogP) is 4.42. The summed E-state index contributed by atoms with van der Waals surface area (Å²) in [6.45, 7) is 1.61. The summed E-state index contributed by atoms with van der Waals surface area (Å²) in [7, 11) is 0. The lowest BCUT2D eigenvalue weighted by Crippen LogP contribution is -2.22. The van der Waals surface area contributed by atoms with Crippen molar-refractivity contribution >= 4 is 11.6 Å². The van der Waals surface area contributed by atoms with Gasteiger partial charge in [0.05, 0.1) is 23.0 Å². The Bertz CT molecular complexity index is 1390. The van der Waals surface area contributed by atoms with Gasteiger partial charge in [-0.25, -0.2) is 18.7 Å². The van der Waals surface area contributed by atoms with Gasteiger partial charge in [-0.15, -0.1) is 0 Å². The summed E-state index contributed by atoms with van der Waals surface area (Å²) >= 11 is 5.83. The molecule has 1 N–H and O–H groups in total. The zero-order chi connectivity index (χ0) is 22.4. The molecule has 1 fully saturated rings. The summed E-state index contributed by atoms with van der Waals surface area (Å²) in [5.41, 5.74) is 2.29. The minimum Gasteiger partial charge on any atom is -0.432 e. The van der Waals surface area contributed by atoms with E-state index in [1.807, 2.05) is 6.92 Å². The molecule has 0 amide bonds. The van der Waals surface area contributed by atoms with Crippen LogP contribution in [0.4, 0.5) is 4.39 Å². The molecule has 0 unspecified atom stereocenters. The summed E-state index contributed by atoms with van der Waals surface area (Å²) in [5, 5.41) is 9.46. The summed E-state index contributed by atoms with van der Waals surface area (Å²) in [5.74, 6) is 0.159. The van der Waals surface area contributed by atoms with Crippen molar-refractivity contribution in [1.82, 2.24) is 19.5 Å². The van der Waals surface area contributed by atoms with E-state index in [0.29, 0.717) is 22.9 Å². The molecule has 0 spiro atoms. The van der Waals surface area contributed by atoms with Crippen LogP contribution < -0.4 is 5.69 Å². The molecule has 0 atom stereocenters. The van der Waals surface area contributed by atoms with E-state index in [0.717, 1.165) is 24.1 Å². The molecule has 5 rings (SSSR count). The first-order chi connectivity index (χ1) is 15.4. The highest BCUT2D eigenvalue weighted by molar-refractivity contribution is 6.30. The van der Waals surface area contributed by atoms with Crippen molar-refractivity contribution in [1.29, 1.82) is 0 Å². The van der Waals surface area contributed by atoms with Gasteiger partial charge >= 0.3 is 5.69 Å². The second-order valence-corrected chi connectivity index (χ2v) is 8.17. The molecule has 0 saturated heterocycles. The Hall–Kier alpha value is -3.36. The number of halogens is 2. The highest BCUT2D eigenvalue weighted by atomic mass is 35.5. The Morgan fingerprint density at radius 3 is 2.69 bits per heavy atom. The summed E-state index contributed by atoms with van der Waals surface area (Å²) < 4.78 is 21.4. The average Bonchev–Trinajstić information content (AvgIpc) is 3.54. The number of aliphatic hydroxyl groups is 1. The van der Waals surface area contributed by atoms with Crippen LogP contribution in [0.15, 0.2) is 51.8 Å². The van der Waals surface area contributed by atoms with Gasteiger partial charge in [-0.3, -0.25) is 0 Å². The number of rotatable bonds is 5. The maximum atomic E-state index is 14.2. The Morgan fingerprint density at radius 1 is 1.19 bits per heavy atom. The van der Waals surface area contributed by atoms with Gasteiger partial charge in [-0.1, -0.05) is 11.6 Å². The van der Waals surface area contributed by atoms with E-state index in [4.69, 9.17) is 16.0 Å². The molecule has 162 valence electrons. The van der Waals surface area contributed by atoms with Gasteiger partial charge in [0.15, 0.2) is 11.6 Å². The van der Waals surface area contributed by atoms with Gasteiger partial charge in [0, 0.05) is 17.7 Å². The molecular weight excluding hydrogens is 435 g/mol. The predicted molar refractivity (Wildman–Crippen MR) is 116 cm³/mol. The van der Waals surface area contributed by atoms with Gasteiger partial charge in [-0.05, 0) is 61.7 Å². The summed E-state index contributed by atoms with van der Waals surface area (Å²) in [4.78, 5) is 25.8. The molecule has 9 heteroatoms. The Labute approximate surface area is 187 Å². The van der Waals surface area contributed by atoms with Crippen LogP contribution in [0, 0.1) is 12.7 Å². The first kappa shape index (κ1) is 20.5. The first-order valence-electron chi connectivity index (χ1n) is 10.1. The topological polar surface area (TPSA) is 94.0 Å². The zero-order valence-electron chi connectivity index (χ0n) is 17.0. The standard InChI is InChI=1S/C23H18ClFN4O3/c1-12-8-15(11-30)26-19(9-12)22-28-21(20(32-22)14-4-5-16(24)17(25)10-14)29-7-6-18(13-2-3-13)27-23(29)31/h4-10,13,30H,2-3,11H2,1H3. The van der Waals surface area contributed by atoms with Gasteiger partial charge in [0.25, 0.3) is 0 Å². The van der Waals surface area contributed by atoms with Crippen LogP contribution in [0.2, 0.25) is 5.02 Å². The van der Waals surface area contributed by atoms with Crippen LogP contribution in [0.25, 0.3) is 28.7 Å². The first-order valence-corrected chi connectivity index (χ1v) is 10.5. The number of aryl methyl sites for hydroxylation is 1. The SMILES string of the molecule is Cc1cc(CO)nc(-c2nc(-n3ccc(C4CC4)nc3=O)c(-c3ccc(Cl)c(F)c3)o2)c1. The third kappa shape index (κ3) is 3.83. The van der Waals surface area contributed by atoms with E-state index in [1.54, 1.807) is 30.5 Å². The third-order valence-corrected chi connectivity index (χ3v) is 5.55. The van der Waals surface area contributed by atoms with E-state index >= 15 is 0 Å². The summed E-state index contributed by atoms with van der Waals surface area (Å²) in [6.07, 6.45) is 3.64. The number of oxazole rings is 1. The Balaban J connectivity index is 1.70. The van der Waals surface area contributed by atoms with Crippen molar-refractivity contribution in [2.45, 2.75) is 32.3 Å². The van der Waals surface area contributed by atoms with E-state index < -0.39 is 11.5 Å². The molecule has 0 bridgehead atoms. The maximum Gasteiger partial charge on any atom is 0.353 e. The van der Waals surface area contributed by atoms with Crippen LogP contribution in [-0.4, -0.2) is 24.6 Å². The van der Waals surface area contributed by atoms with Crippen LogP contribution in [0.3, 0.4) is 0 Å². The van der Waals surface area contributed by atoms with Crippen molar-refractivity contribution in [3.8, 4) is 28.7 Å². The van der Waals surface area contributed by atoms with E-state index in [1.165, 1.54) is 16.7 Å². The number of aromatic nitrogens is 4. The van der Waals surface area contributed by atoms with Crippen molar-refractivity contribution in [3.63, 3.8) is 0 Å². The molecule has 4 aromatic rings. The summed E-state index contributed by atoms with van der Waals surface area (Å²) in [6, 6.07) is 9.49.